The van der Waals surface area contributed by atoms with E-state index < -0.39 is 0 Å². The normalized spacial score (nSPS) is 12.2. The Hall–Kier alpha value is -0.890. The molecule has 0 radical (unpaired) electrons. The van der Waals surface area contributed by atoms with Crippen molar-refractivity contribution in [1.82, 2.24) is 0 Å². The first kappa shape index (κ1) is 14.5. The molecule has 0 amide bonds. The van der Waals surface area contributed by atoms with Gasteiger partial charge in [0.05, 0.1) is 6.04 Å². The first-order chi connectivity index (χ1) is 9.08. The summed E-state index contributed by atoms with van der Waals surface area (Å²) in [7, 11) is 0. The van der Waals surface area contributed by atoms with Gasteiger partial charge in [-0.25, -0.2) is 0 Å². The molecule has 1 unspecified atom stereocenters. The van der Waals surface area contributed by atoms with Crippen molar-refractivity contribution >= 4 is 40.5 Å². The van der Waals surface area contributed by atoms with E-state index in [1.165, 1.54) is 5.56 Å². The van der Waals surface area contributed by atoms with Crippen molar-refractivity contribution in [2.45, 2.75) is 19.4 Å². The first-order valence-corrected chi connectivity index (χ1v) is 7.20. The topological polar surface area (TPSA) is 12.0 Å². The molecule has 1 N–H and O–H groups in total. The van der Waals surface area contributed by atoms with E-state index in [0.717, 1.165) is 17.1 Å². The Morgan fingerprint density at radius 2 is 1.47 bits per heavy atom. The maximum Gasteiger partial charge on any atom is 0.0511 e. The molecule has 0 aromatic heterocycles. The molecule has 0 fully saturated rings. The van der Waals surface area contributed by atoms with Crippen LogP contribution in [-0.2, 0) is 0 Å². The predicted molar refractivity (Wildman–Crippen MR) is 84.6 cm³/mol. The Bertz CT molecular complexity index is 532. The van der Waals surface area contributed by atoms with Crippen LogP contribution in [0.3, 0.4) is 0 Å². The molecule has 0 spiro atoms. The maximum absolute atomic E-state index is 6.00. The molecule has 19 heavy (non-hydrogen) atoms. The molecule has 2 rings (SSSR count). The Morgan fingerprint density at radius 3 is 2.00 bits per heavy atom. The van der Waals surface area contributed by atoms with E-state index in [9.17, 15) is 0 Å². The molecule has 0 heterocycles. The van der Waals surface area contributed by atoms with E-state index in [4.69, 9.17) is 34.8 Å². The number of hydrogen-bond acceptors (Lipinski definition) is 1. The minimum absolute atomic E-state index is 0.201. The second-order valence-electron chi connectivity index (χ2n) is 4.31. The highest BCUT2D eigenvalue weighted by Crippen LogP contribution is 2.28. The van der Waals surface area contributed by atoms with Crippen molar-refractivity contribution in [1.29, 1.82) is 0 Å². The van der Waals surface area contributed by atoms with Crippen molar-refractivity contribution < 1.29 is 0 Å². The van der Waals surface area contributed by atoms with Gasteiger partial charge in [-0.05, 0) is 42.3 Å². The Kier molecular flexibility index (Phi) is 4.98. The van der Waals surface area contributed by atoms with Crippen LogP contribution in [0.4, 0.5) is 5.69 Å². The maximum atomic E-state index is 6.00. The predicted octanol–water partition coefficient (Wildman–Crippen LogP) is 6.21. The molecular weight excluding hydrogens is 301 g/mol. The number of hydrogen-bond donors (Lipinski definition) is 1. The average Bonchev–Trinajstić information content (AvgIpc) is 2.36. The lowest BCUT2D eigenvalue weighted by Gasteiger charge is -2.19. The molecule has 0 aliphatic rings. The first-order valence-electron chi connectivity index (χ1n) is 6.06. The molecule has 0 aliphatic heterocycles. The Morgan fingerprint density at radius 1 is 0.895 bits per heavy atom. The third-order valence-electron chi connectivity index (χ3n) is 2.88. The zero-order valence-corrected chi connectivity index (χ0v) is 12.7. The summed E-state index contributed by atoms with van der Waals surface area (Å²) < 4.78 is 0. The number of benzene rings is 2. The van der Waals surface area contributed by atoms with Gasteiger partial charge >= 0.3 is 0 Å². The van der Waals surface area contributed by atoms with Gasteiger partial charge in [-0.1, -0.05) is 53.9 Å². The lowest BCUT2D eigenvalue weighted by Crippen LogP contribution is -2.09. The van der Waals surface area contributed by atoms with Crippen LogP contribution in [0, 0.1) is 0 Å². The van der Waals surface area contributed by atoms with Crippen LogP contribution >= 0.6 is 34.8 Å². The van der Waals surface area contributed by atoms with Crippen LogP contribution in [-0.4, -0.2) is 0 Å². The van der Waals surface area contributed by atoms with Crippen molar-refractivity contribution in [3.63, 3.8) is 0 Å². The summed E-state index contributed by atoms with van der Waals surface area (Å²) in [6, 6.07) is 13.5. The molecule has 1 atom stereocenters. The van der Waals surface area contributed by atoms with E-state index >= 15 is 0 Å². The van der Waals surface area contributed by atoms with Crippen LogP contribution < -0.4 is 5.32 Å². The second-order valence-corrected chi connectivity index (χ2v) is 5.62. The lowest BCUT2D eigenvalue weighted by atomic mass is 10.0. The number of halogens is 3. The van der Waals surface area contributed by atoms with Crippen LogP contribution in [0.5, 0.6) is 0 Å². The number of nitrogens with one attached hydrogen (secondary N) is 1. The van der Waals surface area contributed by atoms with E-state index in [0.29, 0.717) is 10.0 Å². The summed E-state index contributed by atoms with van der Waals surface area (Å²) in [5.41, 5.74) is 2.10. The number of anilines is 1. The monoisotopic (exact) mass is 313 g/mol. The molecular formula is C15H14Cl3N. The largest absolute Gasteiger partial charge is 0.378 e. The van der Waals surface area contributed by atoms with Crippen molar-refractivity contribution in [2.24, 2.45) is 0 Å². The van der Waals surface area contributed by atoms with Gasteiger partial charge in [0.15, 0.2) is 0 Å². The highest BCUT2D eigenvalue weighted by Gasteiger charge is 2.09. The molecule has 0 bridgehead atoms. The third kappa shape index (κ3) is 4.04. The van der Waals surface area contributed by atoms with Gasteiger partial charge in [0, 0.05) is 20.8 Å². The molecule has 100 valence electrons. The minimum Gasteiger partial charge on any atom is -0.378 e. The molecule has 0 saturated carbocycles. The highest BCUT2D eigenvalue weighted by atomic mass is 35.5. The summed E-state index contributed by atoms with van der Waals surface area (Å²) in [4.78, 5) is 0. The van der Waals surface area contributed by atoms with Crippen molar-refractivity contribution in [3.05, 3.63) is 63.1 Å². The lowest BCUT2D eigenvalue weighted by molar-refractivity contribution is 0.749. The molecule has 4 heteroatoms. The molecule has 2 aromatic rings. The molecule has 0 saturated heterocycles. The fourth-order valence-electron chi connectivity index (χ4n) is 1.95. The summed E-state index contributed by atoms with van der Waals surface area (Å²) >= 11 is 17.9. The van der Waals surface area contributed by atoms with Gasteiger partial charge in [0.25, 0.3) is 0 Å². The van der Waals surface area contributed by atoms with E-state index in [2.05, 4.69) is 12.2 Å². The molecule has 1 nitrogen and oxygen atoms in total. The Labute approximate surface area is 128 Å². The van der Waals surface area contributed by atoms with Gasteiger partial charge in [-0.2, -0.15) is 0 Å². The molecule has 0 aliphatic carbocycles. The fraction of sp³-hybridized carbons (Fsp3) is 0.200. The van der Waals surface area contributed by atoms with Gasteiger partial charge in [-0.3, -0.25) is 0 Å². The van der Waals surface area contributed by atoms with Crippen LogP contribution in [0.15, 0.2) is 42.5 Å². The van der Waals surface area contributed by atoms with E-state index in [1.807, 2.05) is 36.4 Å². The second kappa shape index (κ2) is 6.51. The minimum atomic E-state index is 0.201. The summed E-state index contributed by atoms with van der Waals surface area (Å²) in [5, 5.41) is 5.43. The standard InChI is InChI=1S/C15H14Cl3N/c1-2-15(10-3-5-11(16)6-4-10)19-14-8-12(17)7-13(18)9-14/h3-9,15,19H,2H2,1H3. The summed E-state index contributed by atoms with van der Waals surface area (Å²) in [6.45, 7) is 2.12. The Balaban J connectivity index is 2.21. The van der Waals surface area contributed by atoms with Crippen LogP contribution in [0.25, 0.3) is 0 Å². The van der Waals surface area contributed by atoms with E-state index in [-0.39, 0.29) is 6.04 Å². The van der Waals surface area contributed by atoms with Crippen LogP contribution in [0.1, 0.15) is 24.9 Å². The zero-order chi connectivity index (χ0) is 13.8. The van der Waals surface area contributed by atoms with Gasteiger partial charge < -0.3 is 5.32 Å². The summed E-state index contributed by atoms with van der Waals surface area (Å²) in [6.07, 6.45) is 0.950. The fourth-order valence-corrected chi connectivity index (χ4v) is 2.61. The van der Waals surface area contributed by atoms with Gasteiger partial charge in [0.2, 0.25) is 0 Å². The summed E-state index contributed by atoms with van der Waals surface area (Å²) in [5.74, 6) is 0. The third-order valence-corrected chi connectivity index (χ3v) is 3.57. The van der Waals surface area contributed by atoms with Gasteiger partial charge in [-0.15, -0.1) is 0 Å². The van der Waals surface area contributed by atoms with Crippen molar-refractivity contribution in [2.75, 3.05) is 5.32 Å². The van der Waals surface area contributed by atoms with Crippen LogP contribution in [0.2, 0.25) is 15.1 Å². The van der Waals surface area contributed by atoms with E-state index in [1.54, 1.807) is 6.07 Å². The van der Waals surface area contributed by atoms with Crippen molar-refractivity contribution in [3.8, 4) is 0 Å². The average molecular weight is 315 g/mol. The SMILES string of the molecule is CCC(Nc1cc(Cl)cc(Cl)c1)c1ccc(Cl)cc1. The van der Waals surface area contributed by atoms with Gasteiger partial charge in [0.1, 0.15) is 0 Å². The quantitative estimate of drug-likeness (QED) is 0.707. The smallest absolute Gasteiger partial charge is 0.0511 e. The molecule has 2 aromatic carbocycles. The number of rotatable bonds is 4. The zero-order valence-electron chi connectivity index (χ0n) is 10.5. The highest BCUT2D eigenvalue weighted by molar-refractivity contribution is 6.35.